The lowest BCUT2D eigenvalue weighted by molar-refractivity contribution is -0.243. The Kier molecular flexibility index (Phi) is 4.33. The first-order valence-electron chi connectivity index (χ1n) is 6.15. The maximum atomic E-state index is 11.3. The summed E-state index contributed by atoms with van der Waals surface area (Å²) in [5.74, 6) is -0.228. The predicted molar refractivity (Wildman–Crippen MR) is 65.7 cm³/mol. The highest BCUT2D eigenvalue weighted by molar-refractivity contribution is 5.70. The van der Waals surface area contributed by atoms with E-state index in [0.717, 1.165) is 5.56 Å². The van der Waals surface area contributed by atoms with E-state index in [1.807, 2.05) is 44.2 Å². The van der Waals surface area contributed by atoms with Crippen LogP contribution in [0.1, 0.15) is 25.8 Å². The van der Waals surface area contributed by atoms with E-state index >= 15 is 0 Å². The molecule has 98 valence electrons. The van der Waals surface area contributed by atoms with Gasteiger partial charge in [0.05, 0.1) is 19.1 Å². The monoisotopic (exact) mass is 250 g/mol. The molecule has 0 radical (unpaired) electrons. The molecule has 1 aromatic rings. The number of hydrogen-bond acceptors (Lipinski definition) is 4. The number of cyclic esters (lactones) is 1. The van der Waals surface area contributed by atoms with E-state index in [1.54, 1.807) is 0 Å². The number of esters is 1. The van der Waals surface area contributed by atoms with Crippen molar-refractivity contribution in [2.45, 2.75) is 45.4 Å². The van der Waals surface area contributed by atoms with Gasteiger partial charge in [0.15, 0.2) is 0 Å². The van der Waals surface area contributed by atoms with Crippen LogP contribution < -0.4 is 0 Å². The Morgan fingerprint density at radius 2 is 2.11 bits per heavy atom. The fourth-order valence-corrected chi connectivity index (χ4v) is 1.80. The largest absolute Gasteiger partial charge is 0.433 e. The van der Waals surface area contributed by atoms with Crippen LogP contribution in [0.15, 0.2) is 30.3 Å². The summed E-state index contributed by atoms with van der Waals surface area (Å²) in [4.78, 5) is 11.3. The van der Waals surface area contributed by atoms with Crippen molar-refractivity contribution in [3.8, 4) is 0 Å². The van der Waals surface area contributed by atoms with Gasteiger partial charge in [0.25, 0.3) is 0 Å². The van der Waals surface area contributed by atoms with Crippen molar-refractivity contribution < 1.29 is 19.0 Å². The molecule has 1 heterocycles. The van der Waals surface area contributed by atoms with Crippen LogP contribution in [0.4, 0.5) is 0 Å². The SMILES string of the molecule is C[C@H](OCc1ccccc1)[C@@H]1OC(=O)C[C@H](C)O1. The highest BCUT2D eigenvalue weighted by Gasteiger charge is 2.31. The third kappa shape index (κ3) is 3.55. The Morgan fingerprint density at radius 3 is 2.78 bits per heavy atom. The molecule has 0 saturated carbocycles. The second kappa shape index (κ2) is 5.98. The molecule has 0 aromatic heterocycles. The lowest BCUT2D eigenvalue weighted by atomic mass is 10.2. The van der Waals surface area contributed by atoms with Gasteiger partial charge in [-0.2, -0.15) is 0 Å². The fraction of sp³-hybridized carbons (Fsp3) is 0.500. The highest BCUT2D eigenvalue weighted by Crippen LogP contribution is 2.18. The van der Waals surface area contributed by atoms with Crippen LogP contribution >= 0.6 is 0 Å². The Hall–Kier alpha value is -1.39. The Morgan fingerprint density at radius 1 is 1.39 bits per heavy atom. The van der Waals surface area contributed by atoms with Gasteiger partial charge in [-0.1, -0.05) is 30.3 Å². The standard InChI is InChI=1S/C14H18O4/c1-10-8-13(15)18-14(17-10)11(2)16-9-12-6-4-3-5-7-12/h3-7,10-11,14H,8-9H2,1-2H3/t10-,11-,14-/m0/s1. The van der Waals surface area contributed by atoms with Gasteiger partial charge in [-0.05, 0) is 19.4 Å². The minimum Gasteiger partial charge on any atom is -0.433 e. The number of carbonyl (C=O) groups is 1. The first kappa shape index (κ1) is 13.1. The van der Waals surface area contributed by atoms with Crippen molar-refractivity contribution >= 4 is 5.97 Å². The van der Waals surface area contributed by atoms with Gasteiger partial charge >= 0.3 is 5.97 Å². The molecule has 0 bridgehead atoms. The van der Waals surface area contributed by atoms with E-state index in [2.05, 4.69) is 0 Å². The van der Waals surface area contributed by atoms with E-state index in [0.29, 0.717) is 13.0 Å². The second-order valence-electron chi connectivity index (χ2n) is 4.51. The molecule has 1 aliphatic rings. The molecule has 18 heavy (non-hydrogen) atoms. The summed E-state index contributed by atoms with van der Waals surface area (Å²) < 4.78 is 16.3. The van der Waals surface area contributed by atoms with E-state index in [4.69, 9.17) is 14.2 Å². The molecule has 4 nitrogen and oxygen atoms in total. The van der Waals surface area contributed by atoms with Crippen LogP contribution in [0.25, 0.3) is 0 Å². The zero-order valence-electron chi connectivity index (χ0n) is 10.7. The molecular weight excluding hydrogens is 232 g/mol. The molecule has 1 fully saturated rings. The Bertz CT molecular complexity index is 390. The third-order valence-electron chi connectivity index (χ3n) is 2.81. The molecule has 4 heteroatoms. The minimum absolute atomic E-state index is 0.112. The summed E-state index contributed by atoms with van der Waals surface area (Å²) in [6.07, 6.45) is -0.692. The average molecular weight is 250 g/mol. The summed E-state index contributed by atoms with van der Waals surface area (Å²) in [7, 11) is 0. The summed E-state index contributed by atoms with van der Waals surface area (Å²) in [5, 5.41) is 0. The molecule has 2 rings (SSSR count). The van der Waals surface area contributed by atoms with Crippen molar-refractivity contribution in [3.63, 3.8) is 0 Å². The molecule has 0 amide bonds. The van der Waals surface area contributed by atoms with Crippen LogP contribution in [-0.4, -0.2) is 24.5 Å². The molecule has 0 N–H and O–H groups in total. The number of benzene rings is 1. The van der Waals surface area contributed by atoms with Gasteiger partial charge < -0.3 is 14.2 Å². The van der Waals surface area contributed by atoms with Gasteiger partial charge in [-0.3, -0.25) is 4.79 Å². The van der Waals surface area contributed by atoms with Crippen LogP contribution in [0.2, 0.25) is 0 Å². The van der Waals surface area contributed by atoms with Crippen molar-refractivity contribution in [3.05, 3.63) is 35.9 Å². The Labute approximate surface area is 107 Å². The summed E-state index contributed by atoms with van der Waals surface area (Å²) in [5.41, 5.74) is 1.08. The number of rotatable bonds is 4. The van der Waals surface area contributed by atoms with Crippen LogP contribution in [0.3, 0.4) is 0 Å². The van der Waals surface area contributed by atoms with Gasteiger partial charge in [-0.15, -0.1) is 0 Å². The molecule has 0 aliphatic carbocycles. The van der Waals surface area contributed by atoms with E-state index in [1.165, 1.54) is 0 Å². The quantitative estimate of drug-likeness (QED) is 0.769. The summed E-state index contributed by atoms with van der Waals surface area (Å²) >= 11 is 0. The van der Waals surface area contributed by atoms with E-state index in [9.17, 15) is 4.79 Å². The average Bonchev–Trinajstić information content (AvgIpc) is 2.36. The van der Waals surface area contributed by atoms with Crippen molar-refractivity contribution in [2.75, 3.05) is 0 Å². The maximum absolute atomic E-state index is 11.3. The van der Waals surface area contributed by atoms with Gasteiger partial charge in [0.2, 0.25) is 6.29 Å². The van der Waals surface area contributed by atoms with E-state index in [-0.39, 0.29) is 18.2 Å². The number of ether oxygens (including phenoxy) is 3. The van der Waals surface area contributed by atoms with Gasteiger partial charge in [0.1, 0.15) is 6.10 Å². The minimum atomic E-state index is -0.607. The summed E-state index contributed by atoms with van der Waals surface area (Å²) in [6, 6.07) is 9.86. The zero-order chi connectivity index (χ0) is 13.0. The highest BCUT2D eigenvalue weighted by atomic mass is 16.7. The smallest absolute Gasteiger partial charge is 0.310 e. The Balaban J connectivity index is 1.84. The van der Waals surface area contributed by atoms with Crippen LogP contribution in [0, 0.1) is 0 Å². The maximum Gasteiger partial charge on any atom is 0.310 e. The topological polar surface area (TPSA) is 44.8 Å². The lowest BCUT2D eigenvalue weighted by Crippen LogP contribution is -2.41. The second-order valence-corrected chi connectivity index (χ2v) is 4.51. The first-order chi connectivity index (χ1) is 8.65. The molecule has 0 spiro atoms. The van der Waals surface area contributed by atoms with Crippen molar-refractivity contribution in [1.29, 1.82) is 0 Å². The molecule has 0 unspecified atom stereocenters. The number of carbonyl (C=O) groups excluding carboxylic acids is 1. The lowest BCUT2D eigenvalue weighted by Gasteiger charge is -2.31. The van der Waals surface area contributed by atoms with Crippen molar-refractivity contribution in [2.24, 2.45) is 0 Å². The molecule has 1 aliphatic heterocycles. The molecule has 1 saturated heterocycles. The summed E-state index contributed by atoms with van der Waals surface area (Å²) in [6.45, 7) is 4.18. The van der Waals surface area contributed by atoms with E-state index < -0.39 is 6.29 Å². The molecule has 1 aromatic carbocycles. The first-order valence-corrected chi connectivity index (χ1v) is 6.15. The molecular formula is C14H18O4. The zero-order valence-corrected chi connectivity index (χ0v) is 10.7. The number of hydrogen-bond donors (Lipinski definition) is 0. The fourth-order valence-electron chi connectivity index (χ4n) is 1.80. The van der Waals surface area contributed by atoms with Crippen LogP contribution in [0.5, 0.6) is 0 Å². The van der Waals surface area contributed by atoms with Gasteiger partial charge in [0, 0.05) is 0 Å². The van der Waals surface area contributed by atoms with Crippen molar-refractivity contribution in [1.82, 2.24) is 0 Å². The molecule has 3 atom stereocenters. The third-order valence-corrected chi connectivity index (χ3v) is 2.81. The normalized spacial score (nSPS) is 25.6. The van der Waals surface area contributed by atoms with Gasteiger partial charge in [-0.25, -0.2) is 0 Å². The van der Waals surface area contributed by atoms with Crippen LogP contribution in [-0.2, 0) is 25.6 Å². The predicted octanol–water partition coefficient (Wildman–Crippen LogP) is 2.27.